The van der Waals surface area contributed by atoms with Crippen LogP contribution in [0.4, 0.5) is 17.6 Å². The summed E-state index contributed by atoms with van der Waals surface area (Å²) in [6, 6.07) is 10.4. The zero-order chi connectivity index (χ0) is 20.9. The van der Waals surface area contributed by atoms with Crippen LogP contribution in [-0.4, -0.2) is 16.1 Å². The first-order valence-corrected chi connectivity index (χ1v) is 8.55. The minimum absolute atomic E-state index is 0.107. The summed E-state index contributed by atoms with van der Waals surface area (Å²) in [6.45, 7) is 0. The molecule has 0 amide bonds. The fourth-order valence-electron chi connectivity index (χ4n) is 3.03. The van der Waals surface area contributed by atoms with E-state index in [4.69, 9.17) is 21.1 Å². The van der Waals surface area contributed by atoms with Crippen LogP contribution in [0.15, 0.2) is 52.9 Å². The van der Waals surface area contributed by atoms with Gasteiger partial charge in [0.05, 0.1) is 27.2 Å². The van der Waals surface area contributed by atoms with Gasteiger partial charge in [0, 0.05) is 5.69 Å². The molecule has 0 radical (unpaired) electrons. The molecule has 0 bridgehead atoms. The third-order valence-electron chi connectivity index (χ3n) is 4.41. The van der Waals surface area contributed by atoms with E-state index in [1.54, 1.807) is 18.2 Å². The summed E-state index contributed by atoms with van der Waals surface area (Å²) in [5, 5.41) is 8.05. The molecule has 4 aromatic rings. The molecule has 148 valence electrons. The van der Waals surface area contributed by atoms with Crippen molar-refractivity contribution in [2.45, 2.75) is 6.18 Å². The van der Waals surface area contributed by atoms with Crippen LogP contribution in [0.5, 0.6) is 0 Å². The quantitative estimate of drug-likeness (QED) is 0.365. The molecule has 0 aliphatic heterocycles. The Bertz CT molecular complexity index is 1240. The van der Waals surface area contributed by atoms with Crippen LogP contribution >= 0.6 is 11.6 Å². The summed E-state index contributed by atoms with van der Waals surface area (Å²) in [6.07, 6.45) is -4.73. The van der Waals surface area contributed by atoms with Gasteiger partial charge in [0.15, 0.2) is 17.2 Å². The SMILES string of the molecule is O=C(O)c1ccc(-c2ccc(-c3oc4c(F)ccc(C(F)(F)F)c4c3Cl)[nH]2)cc1. The van der Waals surface area contributed by atoms with Crippen LogP contribution in [0.1, 0.15) is 15.9 Å². The third-order valence-corrected chi connectivity index (χ3v) is 4.77. The van der Waals surface area contributed by atoms with E-state index in [1.807, 2.05) is 0 Å². The maximum Gasteiger partial charge on any atom is 0.417 e. The third kappa shape index (κ3) is 3.25. The van der Waals surface area contributed by atoms with Crippen molar-refractivity contribution in [3.05, 3.63) is 70.5 Å². The number of nitrogens with one attached hydrogen (secondary N) is 1. The molecular weight excluding hydrogens is 414 g/mol. The van der Waals surface area contributed by atoms with Crippen molar-refractivity contribution < 1.29 is 31.9 Å². The predicted molar refractivity (Wildman–Crippen MR) is 98.4 cm³/mol. The van der Waals surface area contributed by atoms with E-state index in [0.29, 0.717) is 23.4 Å². The van der Waals surface area contributed by atoms with Gasteiger partial charge in [0.25, 0.3) is 0 Å². The second-order valence-corrected chi connectivity index (χ2v) is 6.59. The van der Waals surface area contributed by atoms with Gasteiger partial charge in [-0.05, 0) is 42.0 Å². The van der Waals surface area contributed by atoms with Crippen LogP contribution in [0.25, 0.3) is 33.7 Å². The number of hydrogen-bond donors (Lipinski definition) is 2. The number of aromatic nitrogens is 1. The molecule has 0 unspecified atom stereocenters. The minimum Gasteiger partial charge on any atom is -0.478 e. The normalized spacial score (nSPS) is 11.9. The predicted octanol–water partition coefficient (Wildman–Crippen LogP) is 6.60. The Labute approximate surface area is 165 Å². The van der Waals surface area contributed by atoms with Crippen molar-refractivity contribution in [3.63, 3.8) is 0 Å². The zero-order valence-corrected chi connectivity index (χ0v) is 15.0. The number of carboxylic acid groups (broad SMARTS) is 1. The van der Waals surface area contributed by atoms with Gasteiger partial charge in [0.2, 0.25) is 0 Å². The molecule has 29 heavy (non-hydrogen) atoms. The van der Waals surface area contributed by atoms with Crippen molar-refractivity contribution in [3.8, 4) is 22.7 Å². The summed E-state index contributed by atoms with van der Waals surface area (Å²) in [5.41, 5.74) is -0.139. The van der Waals surface area contributed by atoms with Crippen molar-refractivity contribution >= 4 is 28.5 Å². The Morgan fingerprint density at radius 3 is 2.28 bits per heavy atom. The first-order valence-electron chi connectivity index (χ1n) is 8.17. The number of carboxylic acids is 1. The minimum atomic E-state index is -4.73. The first kappa shape index (κ1) is 19.1. The smallest absolute Gasteiger partial charge is 0.417 e. The number of H-pyrrole nitrogens is 1. The Kier molecular flexibility index (Phi) is 4.38. The molecule has 0 aliphatic rings. The van der Waals surface area contributed by atoms with E-state index in [0.717, 1.165) is 0 Å². The summed E-state index contributed by atoms with van der Waals surface area (Å²) >= 11 is 6.14. The fraction of sp³-hybridized carbons (Fsp3) is 0.0500. The van der Waals surface area contributed by atoms with Gasteiger partial charge in [-0.3, -0.25) is 0 Å². The summed E-state index contributed by atoms with van der Waals surface area (Å²) in [7, 11) is 0. The van der Waals surface area contributed by atoms with Crippen LogP contribution in [0.2, 0.25) is 5.02 Å². The van der Waals surface area contributed by atoms with Crippen LogP contribution in [-0.2, 0) is 6.18 Å². The van der Waals surface area contributed by atoms with Crippen molar-refractivity contribution in [1.82, 2.24) is 4.98 Å². The van der Waals surface area contributed by atoms with Crippen LogP contribution in [0, 0.1) is 5.82 Å². The molecule has 4 rings (SSSR count). The molecule has 0 fully saturated rings. The molecule has 0 atom stereocenters. The second-order valence-electron chi connectivity index (χ2n) is 6.21. The van der Waals surface area contributed by atoms with Gasteiger partial charge in [-0.15, -0.1) is 0 Å². The second kappa shape index (κ2) is 6.66. The lowest BCUT2D eigenvalue weighted by Crippen LogP contribution is -2.05. The lowest BCUT2D eigenvalue weighted by molar-refractivity contribution is -0.136. The number of fused-ring (bicyclic) bond motifs is 1. The Morgan fingerprint density at radius 1 is 1.00 bits per heavy atom. The van der Waals surface area contributed by atoms with E-state index < -0.39 is 34.5 Å². The molecule has 2 aromatic carbocycles. The molecular formula is C20H10ClF4NO3. The Morgan fingerprint density at radius 2 is 1.66 bits per heavy atom. The molecule has 0 saturated carbocycles. The zero-order valence-electron chi connectivity index (χ0n) is 14.3. The number of halogens is 5. The average Bonchev–Trinajstić information content (AvgIpc) is 3.27. The number of alkyl halides is 3. The molecule has 0 aliphatic carbocycles. The van der Waals surface area contributed by atoms with Crippen molar-refractivity contribution in [2.24, 2.45) is 0 Å². The van der Waals surface area contributed by atoms with E-state index in [-0.39, 0.29) is 22.0 Å². The summed E-state index contributed by atoms with van der Waals surface area (Å²) < 4.78 is 59.2. The van der Waals surface area contributed by atoms with Gasteiger partial charge in [-0.1, -0.05) is 23.7 Å². The standard InChI is InChI=1S/C20H10ClF4NO3/c21-16-15-11(20(23,24)25)5-6-12(22)17(15)29-18(16)14-8-7-13(26-14)9-1-3-10(4-2-9)19(27)28/h1-8,26H,(H,27,28). The number of aromatic amines is 1. The topological polar surface area (TPSA) is 66.2 Å². The highest BCUT2D eigenvalue weighted by molar-refractivity contribution is 6.38. The molecule has 0 saturated heterocycles. The summed E-state index contributed by atoms with van der Waals surface area (Å²) in [5.74, 6) is -2.16. The molecule has 2 aromatic heterocycles. The number of benzene rings is 2. The number of hydrogen-bond acceptors (Lipinski definition) is 2. The lowest BCUT2D eigenvalue weighted by atomic mass is 10.1. The maximum absolute atomic E-state index is 14.1. The largest absolute Gasteiger partial charge is 0.478 e. The van der Waals surface area contributed by atoms with E-state index in [9.17, 15) is 22.4 Å². The van der Waals surface area contributed by atoms with E-state index >= 15 is 0 Å². The maximum atomic E-state index is 14.1. The molecule has 4 nitrogen and oxygen atoms in total. The van der Waals surface area contributed by atoms with Crippen LogP contribution in [0.3, 0.4) is 0 Å². The Hall–Kier alpha value is -3.26. The molecule has 2 N–H and O–H groups in total. The van der Waals surface area contributed by atoms with E-state index in [2.05, 4.69) is 4.98 Å². The number of rotatable bonds is 3. The molecule has 0 spiro atoms. The number of furan rings is 1. The fourth-order valence-corrected chi connectivity index (χ4v) is 3.36. The molecule has 9 heteroatoms. The highest BCUT2D eigenvalue weighted by atomic mass is 35.5. The van der Waals surface area contributed by atoms with Crippen LogP contribution < -0.4 is 0 Å². The highest BCUT2D eigenvalue weighted by Gasteiger charge is 2.36. The van der Waals surface area contributed by atoms with E-state index in [1.165, 1.54) is 18.2 Å². The average molecular weight is 424 g/mol. The first-order chi connectivity index (χ1) is 13.7. The van der Waals surface area contributed by atoms with Gasteiger partial charge >= 0.3 is 12.1 Å². The van der Waals surface area contributed by atoms with Gasteiger partial charge < -0.3 is 14.5 Å². The van der Waals surface area contributed by atoms with Crippen molar-refractivity contribution in [2.75, 3.05) is 0 Å². The highest BCUT2D eigenvalue weighted by Crippen LogP contribution is 2.44. The van der Waals surface area contributed by atoms with Gasteiger partial charge in [-0.2, -0.15) is 13.2 Å². The van der Waals surface area contributed by atoms with Gasteiger partial charge in [-0.25, -0.2) is 9.18 Å². The van der Waals surface area contributed by atoms with Gasteiger partial charge in [0.1, 0.15) is 0 Å². The lowest BCUT2D eigenvalue weighted by Gasteiger charge is -2.07. The van der Waals surface area contributed by atoms with Crippen molar-refractivity contribution in [1.29, 1.82) is 0 Å². The Balaban J connectivity index is 1.81. The number of carbonyl (C=O) groups is 1. The summed E-state index contributed by atoms with van der Waals surface area (Å²) in [4.78, 5) is 13.9. The molecule has 2 heterocycles. The monoisotopic (exact) mass is 423 g/mol. The number of aromatic carboxylic acids is 1.